The topological polar surface area (TPSA) is 162 Å². The Hall–Kier alpha value is -2.78. The Balaban J connectivity index is 1.34. The van der Waals surface area contributed by atoms with Gasteiger partial charge in [-0.05, 0) is 49.4 Å². The highest BCUT2D eigenvalue weighted by atomic mass is 32.2. The molecule has 1 saturated carbocycles. The third-order valence-corrected chi connectivity index (χ3v) is 9.71. The summed E-state index contributed by atoms with van der Waals surface area (Å²) < 4.78 is 45.5. The number of alkyl carbamates (subject to hydrolysis) is 1. The summed E-state index contributed by atoms with van der Waals surface area (Å²) in [5.41, 5.74) is 7.05. The second-order valence-electron chi connectivity index (χ2n) is 11.2. The van der Waals surface area contributed by atoms with Crippen molar-refractivity contribution < 1.29 is 37.4 Å². The van der Waals surface area contributed by atoms with E-state index in [4.69, 9.17) is 24.8 Å². The van der Waals surface area contributed by atoms with Crippen LogP contribution < -0.4 is 16.4 Å². The Kier molecular flexibility index (Phi) is 10.9. The van der Waals surface area contributed by atoms with E-state index in [9.17, 15) is 18.3 Å². The Morgan fingerprint density at radius 2 is 1.88 bits per heavy atom. The van der Waals surface area contributed by atoms with Crippen molar-refractivity contribution in [1.82, 2.24) is 9.79 Å². The Bertz CT molecular complexity index is 1290. The fourth-order valence-corrected chi connectivity index (χ4v) is 7.11. The van der Waals surface area contributed by atoms with Crippen molar-refractivity contribution in [2.45, 2.75) is 74.1 Å². The Morgan fingerprint density at radius 1 is 1.09 bits per heavy atom. The van der Waals surface area contributed by atoms with Crippen LogP contribution in [0.25, 0.3) is 0 Å². The number of sulfonamides is 1. The fourth-order valence-electron chi connectivity index (χ4n) is 5.76. The zero-order valence-corrected chi connectivity index (χ0v) is 25.0. The van der Waals surface area contributed by atoms with E-state index in [2.05, 4.69) is 10.6 Å². The maximum Gasteiger partial charge on any atom is 0.407 e. The van der Waals surface area contributed by atoms with Crippen LogP contribution in [-0.2, 0) is 35.5 Å². The van der Waals surface area contributed by atoms with Crippen molar-refractivity contribution in [3.05, 3.63) is 60.2 Å². The molecule has 12 nitrogen and oxygen atoms in total. The molecule has 0 spiro atoms. The lowest BCUT2D eigenvalue weighted by atomic mass is 10.0. The van der Waals surface area contributed by atoms with E-state index in [0.717, 1.165) is 29.3 Å². The first kappa shape index (κ1) is 31.6. The van der Waals surface area contributed by atoms with Crippen molar-refractivity contribution >= 4 is 21.8 Å². The summed E-state index contributed by atoms with van der Waals surface area (Å²) in [7, 11) is -4.19. The standard InChI is InChI=1S/C30H42N4O8S/c31-14-15-32-22-9-6-12-24(18-22)43(37,38)34(42-23-10-4-5-11-23)19-27(35)26(17-21-7-2-1-3-8-21)33-30(36)41-28-20-40-29-25(28)13-16-39-29/h1-3,6-9,12,18,23,25-29,32,35H,4-5,10-11,13-17,19-20,31H2,(H,33,36)/t25?,26-,27+,28?,29-/m0/s1. The van der Waals surface area contributed by atoms with Gasteiger partial charge >= 0.3 is 6.09 Å². The summed E-state index contributed by atoms with van der Waals surface area (Å²) in [5, 5.41) is 17.4. The average molecular weight is 619 g/mol. The first-order valence-electron chi connectivity index (χ1n) is 15.0. The van der Waals surface area contributed by atoms with Crippen LogP contribution in [0.2, 0.25) is 0 Å². The molecule has 2 unspecified atom stereocenters. The van der Waals surface area contributed by atoms with E-state index in [0.29, 0.717) is 38.2 Å². The van der Waals surface area contributed by atoms with Crippen molar-refractivity contribution in [2.75, 3.05) is 38.2 Å². The second kappa shape index (κ2) is 14.8. The number of hydroxylamine groups is 1. The number of nitrogens with zero attached hydrogens (tertiary/aromatic N) is 1. The molecule has 5 N–H and O–H groups in total. The van der Waals surface area contributed by atoms with Gasteiger partial charge in [-0.3, -0.25) is 4.84 Å². The molecular formula is C30H42N4O8S. The molecule has 0 radical (unpaired) electrons. The molecule has 2 heterocycles. The first-order chi connectivity index (χ1) is 20.8. The minimum absolute atomic E-state index is 0.0151. The van der Waals surface area contributed by atoms with E-state index >= 15 is 0 Å². The predicted octanol–water partition coefficient (Wildman–Crippen LogP) is 2.38. The minimum atomic E-state index is -4.19. The number of fused-ring (bicyclic) bond motifs is 1. The molecule has 2 aromatic carbocycles. The number of anilines is 1. The summed E-state index contributed by atoms with van der Waals surface area (Å²) in [6.45, 7) is 1.25. The molecule has 1 aliphatic carbocycles. The van der Waals surface area contributed by atoms with E-state index in [1.54, 1.807) is 12.1 Å². The lowest BCUT2D eigenvalue weighted by Gasteiger charge is -2.31. The van der Waals surface area contributed by atoms with Crippen LogP contribution >= 0.6 is 0 Å². The smallest absolute Gasteiger partial charge is 0.407 e. The largest absolute Gasteiger partial charge is 0.443 e. The van der Waals surface area contributed by atoms with E-state index in [1.807, 2.05) is 30.3 Å². The van der Waals surface area contributed by atoms with Crippen LogP contribution in [0, 0.1) is 5.92 Å². The van der Waals surface area contributed by atoms with E-state index in [1.165, 1.54) is 12.1 Å². The summed E-state index contributed by atoms with van der Waals surface area (Å²) in [6, 6.07) is 14.9. The molecule has 5 rings (SSSR count). The summed E-state index contributed by atoms with van der Waals surface area (Å²) >= 11 is 0. The first-order valence-corrected chi connectivity index (χ1v) is 16.4. The quantitative estimate of drug-likeness (QED) is 0.231. The lowest BCUT2D eigenvalue weighted by molar-refractivity contribution is -0.145. The number of nitrogens with two attached hydrogens (primary N) is 1. The van der Waals surface area contributed by atoms with Crippen LogP contribution in [0.1, 0.15) is 37.7 Å². The maximum absolute atomic E-state index is 13.9. The molecule has 2 aliphatic heterocycles. The van der Waals surface area contributed by atoms with Gasteiger partial charge in [0.05, 0.1) is 48.8 Å². The monoisotopic (exact) mass is 618 g/mol. The van der Waals surface area contributed by atoms with Crippen molar-refractivity contribution in [3.8, 4) is 0 Å². The van der Waals surface area contributed by atoms with Gasteiger partial charge in [0.25, 0.3) is 10.0 Å². The molecule has 1 amide bonds. The van der Waals surface area contributed by atoms with Crippen molar-refractivity contribution in [1.29, 1.82) is 0 Å². The number of carbonyl (C=O) groups excluding carboxylic acids is 1. The van der Waals surface area contributed by atoms with Gasteiger partial charge < -0.3 is 35.7 Å². The zero-order valence-electron chi connectivity index (χ0n) is 24.2. The summed E-state index contributed by atoms with van der Waals surface area (Å²) in [4.78, 5) is 19.1. The number of nitrogens with one attached hydrogen (secondary N) is 2. The van der Waals surface area contributed by atoms with Crippen molar-refractivity contribution in [3.63, 3.8) is 0 Å². The fraction of sp³-hybridized carbons (Fsp3) is 0.567. The molecular weight excluding hydrogens is 576 g/mol. The number of carbonyl (C=O) groups is 1. The van der Waals surface area contributed by atoms with Gasteiger partial charge in [0.15, 0.2) is 6.29 Å². The molecule has 43 heavy (non-hydrogen) atoms. The van der Waals surface area contributed by atoms with Gasteiger partial charge in [-0.2, -0.15) is 0 Å². The van der Waals surface area contributed by atoms with Gasteiger partial charge in [-0.15, -0.1) is 0 Å². The Morgan fingerprint density at radius 3 is 2.65 bits per heavy atom. The predicted molar refractivity (Wildman–Crippen MR) is 158 cm³/mol. The molecule has 3 fully saturated rings. The summed E-state index contributed by atoms with van der Waals surface area (Å²) in [5.74, 6) is -0.0428. The highest BCUT2D eigenvalue weighted by Gasteiger charge is 2.44. The number of aliphatic hydroxyl groups excluding tert-OH is 1. The lowest BCUT2D eigenvalue weighted by Crippen LogP contribution is -2.51. The van der Waals surface area contributed by atoms with Crippen molar-refractivity contribution in [2.24, 2.45) is 11.7 Å². The van der Waals surface area contributed by atoms with Gasteiger partial charge in [0.2, 0.25) is 0 Å². The molecule has 2 saturated heterocycles. The molecule has 236 valence electrons. The van der Waals surface area contributed by atoms with Crippen LogP contribution in [0.5, 0.6) is 0 Å². The van der Waals surface area contributed by atoms with Crippen LogP contribution in [0.3, 0.4) is 0 Å². The number of benzene rings is 2. The summed E-state index contributed by atoms with van der Waals surface area (Å²) in [6.07, 6.45) is 1.08. The van der Waals surface area contributed by atoms with Gasteiger partial charge in [0.1, 0.15) is 6.10 Å². The van der Waals surface area contributed by atoms with Gasteiger partial charge in [-0.25, -0.2) is 13.2 Å². The number of aliphatic hydroxyl groups is 1. The SMILES string of the molecule is NCCNc1cccc(S(=O)(=O)N(C[C@@H](O)[C@H](Cc2ccccc2)NC(=O)OC2CO[C@@H]3OCCC23)OC2CCCC2)c1. The van der Waals surface area contributed by atoms with Gasteiger partial charge in [0, 0.05) is 18.8 Å². The average Bonchev–Trinajstić information content (AvgIpc) is 3.77. The van der Waals surface area contributed by atoms with Crippen LogP contribution in [0.15, 0.2) is 59.5 Å². The van der Waals surface area contributed by atoms with E-state index < -0.39 is 40.9 Å². The third-order valence-electron chi connectivity index (χ3n) is 8.09. The van der Waals surface area contributed by atoms with Crippen LogP contribution in [-0.4, -0.2) is 87.6 Å². The molecule has 0 bridgehead atoms. The normalized spacial score (nSPS) is 23.7. The number of amides is 1. The molecule has 3 aliphatic rings. The van der Waals surface area contributed by atoms with Crippen LogP contribution in [0.4, 0.5) is 10.5 Å². The zero-order chi connectivity index (χ0) is 30.2. The minimum Gasteiger partial charge on any atom is -0.443 e. The second-order valence-corrected chi connectivity index (χ2v) is 13.1. The Labute approximate surface area is 252 Å². The third kappa shape index (κ3) is 8.24. The molecule has 5 atom stereocenters. The highest BCUT2D eigenvalue weighted by Crippen LogP contribution is 2.33. The molecule has 2 aromatic rings. The number of hydrogen-bond donors (Lipinski definition) is 4. The number of ether oxygens (including phenoxy) is 3. The molecule has 0 aromatic heterocycles. The van der Waals surface area contributed by atoms with Gasteiger partial charge in [-0.1, -0.05) is 53.7 Å². The number of rotatable bonds is 14. The maximum atomic E-state index is 13.9. The number of hydrogen-bond acceptors (Lipinski definition) is 10. The van der Waals surface area contributed by atoms with E-state index in [-0.39, 0.29) is 36.2 Å². The molecule has 13 heteroatoms. The highest BCUT2D eigenvalue weighted by molar-refractivity contribution is 7.89.